The van der Waals surface area contributed by atoms with Crippen LogP contribution in [0.1, 0.15) is 0 Å². The molecule has 0 saturated carbocycles. The van der Waals surface area contributed by atoms with Crippen molar-refractivity contribution < 1.29 is 4.39 Å². The van der Waals surface area contributed by atoms with Gasteiger partial charge in [0.05, 0.1) is 17.4 Å². The Labute approximate surface area is 206 Å². The minimum atomic E-state index is -0.286. The van der Waals surface area contributed by atoms with Crippen LogP contribution in [0.2, 0.25) is 0 Å². The second-order valence-electron chi connectivity index (χ2n) is 9.08. The molecule has 36 heavy (non-hydrogen) atoms. The highest BCUT2D eigenvalue weighted by Crippen LogP contribution is 2.35. The second-order valence-corrected chi connectivity index (χ2v) is 9.08. The number of benzene rings is 2. The van der Waals surface area contributed by atoms with Crippen molar-refractivity contribution in [3.63, 3.8) is 0 Å². The molecule has 4 N–H and O–H groups in total. The summed E-state index contributed by atoms with van der Waals surface area (Å²) in [6.45, 7) is 1.58. The maximum absolute atomic E-state index is 14.6. The maximum atomic E-state index is 14.6. The number of H-pyrrole nitrogens is 3. The molecule has 0 aliphatic carbocycles. The normalized spacial score (nSPS) is 11.7. The van der Waals surface area contributed by atoms with Crippen molar-refractivity contribution in [2.75, 3.05) is 32.5 Å². The fourth-order valence-electron chi connectivity index (χ4n) is 4.48. The zero-order chi connectivity index (χ0) is 24.6. The first-order chi connectivity index (χ1) is 17.5. The van der Waals surface area contributed by atoms with Crippen LogP contribution in [0.25, 0.3) is 55.6 Å². The summed E-state index contributed by atoms with van der Waals surface area (Å²) in [5, 5.41) is 19.8. The van der Waals surface area contributed by atoms with E-state index in [0.29, 0.717) is 0 Å². The molecular formula is C27H25FN8. The smallest absolute Gasteiger partial charge is 0.138 e. The Hall–Kier alpha value is -4.50. The van der Waals surface area contributed by atoms with Crippen molar-refractivity contribution in [1.29, 1.82) is 0 Å². The number of hydrogen-bond acceptors (Lipinski definition) is 5. The van der Waals surface area contributed by atoms with Gasteiger partial charge in [-0.15, -0.1) is 0 Å². The molecule has 0 unspecified atom stereocenters. The van der Waals surface area contributed by atoms with Crippen LogP contribution in [-0.2, 0) is 0 Å². The van der Waals surface area contributed by atoms with E-state index in [1.54, 1.807) is 18.5 Å². The van der Waals surface area contributed by atoms with E-state index in [4.69, 9.17) is 0 Å². The highest BCUT2D eigenvalue weighted by molar-refractivity contribution is 6.00. The summed E-state index contributed by atoms with van der Waals surface area (Å²) in [5.41, 5.74) is 7.77. The Morgan fingerprint density at radius 1 is 0.972 bits per heavy atom. The zero-order valence-electron chi connectivity index (χ0n) is 19.9. The number of nitrogens with one attached hydrogen (secondary N) is 4. The first-order valence-corrected chi connectivity index (χ1v) is 11.7. The third-order valence-electron chi connectivity index (χ3n) is 6.28. The Morgan fingerprint density at radius 2 is 1.89 bits per heavy atom. The summed E-state index contributed by atoms with van der Waals surface area (Å²) in [6, 6.07) is 15.1. The van der Waals surface area contributed by atoms with Crippen LogP contribution in [0, 0.1) is 5.82 Å². The van der Waals surface area contributed by atoms with Gasteiger partial charge in [0.1, 0.15) is 17.2 Å². The average Bonchev–Trinajstić information content (AvgIpc) is 3.62. The summed E-state index contributed by atoms with van der Waals surface area (Å²) in [6.07, 6.45) is 5.40. The second kappa shape index (κ2) is 8.94. The lowest BCUT2D eigenvalue weighted by molar-refractivity contribution is 0.425. The van der Waals surface area contributed by atoms with Gasteiger partial charge in [-0.2, -0.15) is 10.2 Å². The Morgan fingerprint density at radius 3 is 2.72 bits per heavy atom. The minimum Gasteiger partial charge on any atom is -0.384 e. The predicted octanol–water partition coefficient (Wildman–Crippen LogP) is 5.28. The van der Waals surface area contributed by atoms with E-state index in [2.05, 4.69) is 46.6 Å². The number of pyridine rings is 1. The van der Waals surface area contributed by atoms with Gasteiger partial charge in [-0.3, -0.25) is 10.2 Å². The summed E-state index contributed by atoms with van der Waals surface area (Å²) in [7, 11) is 4.02. The topological polar surface area (TPSA) is 101 Å². The third-order valence-corrected chi connectivity index (χ3v) is 6.28. The van der Waals surface area contributed by atoms with E-state index in [1.165, 1.54) is 6.07 Å². The molecule has 0 aliphatic heterocycles. The third kappa shape index (κ3) is 4.09. The summed E-state index contributed by atoms with van der Waals surface area (Å²) >= 11 is 0. The molecule has 4 aromatic heterocycles. The first kappa shape index (κ1) is 22.0. The number of fused-ring (bicyclic) bond motifs is 2. The molecule has 0 radical (unpaired) electrons. The van der Waals surface area contributed by atoms with Crippen molar-refractivity contribution in [3.05, 3.63) is 72.9 Å². The number of anilines is 1. The van der Waals surface area contributed by atoms with E-state index in [1.807, 2.05) is 50.6 Å². The molecule has 0 aliphatic rings. The van der Waals surface area contributed by atoms with Crippen molar-refractivity contribution in [3.8, 4) is 33.6 Å². The molecule has 4 heterocycles. The molecular weight excluding hydrogens is 455 g/mol. The van der Waals surface area contributed by atoms with Crippen LogP contribution < -0.4 is 5.32 Å². The molecule has 6 rings (SSSR count). The van der Waals surface area contributed by atoms with Gasteiger partial charge in [-0.25, -0.2) is 9.37 Å². The minimum absolute atomic E-state index is 0.286. The molecule has 0 spiro atoms. The molecule has 8 nitrogen and oxygen atoms in total. The van der Waals surface area contributed by atoms with Gasteiger partial charge < -0.3 is 15.2 Å². The van der Waals surface area contributed by atoms with E-state index < -0.39 is 0 Å². The van der Waals surface area contributed by atoms with Crippen molar-refractivity contribution in [2.24, 2.45) is 0 Å². The Bertz CT molecular complexity index is 1660. The SMILES string of the molecule is CN(C)CCNc1cc(F)cc(-c2ccnc3[nH]c(-c4n[nH]c5ccc(-c6cn[nH]c6)cc45)cc23)c1. The zero-order valence-corrected chi connectivity index (χ0v) is 19.9. The summed E-state index contributed by atoms with van der Waals surface area (Å²) < 4.78 is 14.6. The van der Waals surface area contributed by atoms with Gasteiger partial charge in [0.15, 0.2) is 0 Å². The predicted molar refractivity (Wildman–Crippen MR) is 141 cm³/mol. The molecule has 0 saturated heterocycles. The first-order valence-electron chi connectivity index (χ1n) is 11.7. The summed E-state index contributed by atoms with van der Waals surface area (Å²) in [4.78, 5) is 10.0. The largest absolute Gasteiger partial charge is 0.384 e. The van der Waals surface area contributed by atoms with Gasteiger partial charge in [-0.05, 0) is 73.3 Å². The van der Waals surface area contributed by atoms with Crippen LogP contribution in [0.4, 0.5) is 10.1 Å². The van der Waals surface area contributed by atoms with Gasteiger partial charge in [0, 0.05) is 47.5 Å². The number of hydrogen-bond donors (Lipinski definition) is 4. The molecule has 9 heteroatoms. The van der Waals surface area contributed by atoms with E-state index >= 15 is 0 Å². The van der Waals surface area contributed by atoms with E-state index in [9.17, 15) is 4.39 Å². The molecule has 0 atom stereocenters. The molecule has 6 aromatic rings. The van der Waals surface area contributed by atoms with Crippen LogP contribution in [0.15, 0.2) is 67.1 Å². The highest BCUT2D eigenvalue weighted by Gasteiger charge is 2.16. The monoisotopic (exact) mass is 480 g/mol. The quantitative estimate of drug-likeness (QED) is 0.249. The van der Waals surface area contributed by atoms with Gasteiger partial charge >= 0.3 is 0 Å². The fourth-order valence-corrected chi connectivity index (χ4v) is 4.48. The molecule has 0 fully saturated rings. The van der Waals surface area contributed by atoms with E-state index in [0.717, 1.165) is 74.4 Å². The molecule has 2 aromatic carbocycles. The number of rotatable bonds is 7. The average molecular weight is 481 g/mol. The van der Waals surface area contributed by atoms with Gasteiger partial charge in [0.25, 0.3) is 0 Å². The standard InChI is InChI=1S/C27H25FN8/c1-36(2)8-7-29-20-10-17(9-19(28)12-20)21-5-6-30-27-22(21)13-25(33-27)26-23-11-16(18-14-31-32-15-18)3-4-24(23)34-35-26/h3-6,9-15,29H,7-8H2,1-2H3,(H,30,33)(H,31,32)(H,34,35). The van der Waals surface area contributed by atoms with Crippen LogP contribution in [-0.4, -0.2) is 62.4 Å². The van der Waals surface area contributed by atoms with Crippen molar-refractivity contribution in [2.45, 2.75) is 0 Å². The van der Waals surface area contributed by atoms with Crippen molar-refractivity contribution in [1.82, 2.24) is 35.3 Å². The van der Waals surface area contributed by atoms with Gasteiger partial charge in [-0.1, -0.05) is 6.07 Å². The van der Waals surface area contributed by atoms with Crippen LogP contribution in [0.3, 0.4) is 0 Å². The van der Waals surface area contributed by atoms with Crippen molar-refractivity contribution >= 4 is 27.6 Å². The van der Waals surface area contributed by atoms with Gasteiger partial charge in [0.2, 0.25) is 0 Å². The molecule has 180 valence electrons. The van der Waals surface area contributed by atoms with E-state index in [-0.39, 0.29) is 5.82 Å². The number of halogens is 1. The lowest BCUT2D eigenvalue weighted by atomic mass is 10.0. The number of aromatic nitrogens is 6. The van der Waals surface area contributed by atoms with Crippen LogP contribution in [0.5, 0.6) is 0 Å². The molecule has 0 amide bonds. The number of likely N-dealkylation sites (N-methyl/N-ethyl adjacent to an activating group) is 1. The summed E-state index contributed by atoms with van der Waals surface area (Å²) in [5.74, 6) is -0.286. The lowest BCUT2D eigenvalue weighted by Gasteiger charge is -2.13. The number of nitrogens with zero attached hydrogens (tertiary/aromatic N) is 4. The maximum Gasteiger partial charge on any atom is 0.138 e. The highest BCUT2D eigenvalue weighted by atomic mass is 19.1. The fraction of sp³-hybridized carbons (Fsp3) is 0.148. The molecule has 0 bridgehead atoms. The Kier molecular flexibility index (Phi) is 5.46. The lowest BCUT2D eigenvalue weighted by Crippen LogP contribution is -2.20. The Balaban J connectivity index is 1.41. The van der Waals surface area contributed by atoms with Crippen LogP contribution >= 0.6 is 0 Å². The number of aromatic amines is 3.